The van der Waals surface area contributed by atoms with E-state index < -0.39 is 30.6 Å². The minimum absolute atomic E-state index is 0.0971. The van der Waals surface area contributed by atoms with Crippen LogP contribution in [0.25, 0.3) is 0 Å². The molecular weight excluding hydrogens is 276 g/mol. The van der Waals surface area contributed by atoms with Crippen LogP contribution in [-0.2, 0) is 20.9 Å². The summed E-state index contributed by atoms with van der Waals surface area (Å²) in [7, 11) is 0. The van der Waals surface area contributed by atoms with E-state index >= 15 is 0 Å². The Balaban J connectivity index is 2.40. The van der Waals surface area contributed by atoms with Crippen molar-refractivity contribution in [2.75, 3.05) is 6.54 Å². The summed E-state index contributed by atoms with van der Waals surface area (Å²) < 4.78 is 4.99. The third kappa shape index (κ3) is 6.42. The molecule has 21 heavy (non-hydrogen) atoms. The smallest absolute Gasteiger partial charge is 0.408 e. The van der Waals surface area contributed by atoms with Crippen molar-refractivity contribution in [3.05, 3.63) is 35.9 Å². The number of alkyl carbamates (subject to hydrolysis) is 1. The molecule has 0 saturated carbocycles. The molecule has 0 unspecified atom stereocenters. The highest BCUT2D eigenvalue weighted by Crippen LogP contribution is 2.01. The van der Waals surface area contributed by atoms with Crippen molar-refractivity contribution in [3.63, 3.8) is 0 Å². The first-order valence-electron chi connectivity index (χ1n) is 6.49. The highest BCUT2D eigenvalue weighted by Gasteiger charge is 2.19. The number of amides is 2. The number of rotatable bonds is 7. The fourth-order valence-electron chi connectivity index (χ4n) is 1.55. The molecule has 0 aliphatic rings. The first-order chi connectivity index (χ1) is 10.0. The van der Waals surface area contributed by atoms with E-state index in [2.05, 4.69) is 10.6 Å². The predicted molar refractivity (Wildman–Crippen MR) is 74.5 cm³/mol. The Hall–Kier alpha value is -2.57. The number of carbonyl (C=O) groups is 3. The Kier molecular flexibility index (Phi) is 6.73. The first-order valence-corrected chi connectivity index (χ1v) is 6.49. The minimum Gasteiger partial charge on any atom is -0.480 e. The molecule has 7 nitrogen and oxygen atoms in total. The van der Waals surface area contributed by atoms with Crippen LogP contribution in [0.15, 0.2) is 30.3 Å². The van der Waals surface area contributed by atoms with E-state index in [1.165, 1.54) is 0 Å². The number of nitrogens with one attached hydrogen (secondary N) is 2. The number of carboxylic acid groups (broad SMARTS) is 1. The second-order valence-corrected chi connectivity index (χ2v) is 4.28. The number of hydrogen-bond donors (Lipinski definition) is 3. The number of carboxylic acids is 1. The molecule has 3 N–H and O–H groups in total. The van der Waals surface area contributed by atoms with Gasteiger partial charge in [-0.3, -0.25) is 9.59 Å². The van der Waals surface area contributed by atoms with Crippen molar-refractivity contribution < 1.29 is 24.2 Å². The van der Waals surface area contributed by atoms with Gasteiger partial charge in [-0.1, -0.05) is 37.3 Å². The summed E-state index contributed by atoms with van der Waals surface area (Å²) in [4.78, 5) is 33.6. The number of hydrogen-bond acceptors (Lipinski definition) is 4. The molecule has 1 rings (SSSR count). The van der Waals surface area contributed by atoms with E-state index in [0.29, 0.717) is 6.42 Å². The maximum absolute atomic E-state index is 11.6. The normalized spacial score (nSPS) is 11.3. The number of ether oxygens (including phenoxy) is 1. The number of aliphatic carboxylic acids is 1. The fourth-order valence-corrected chi connectivity index (χ4v) is 1.55. The lowest BCUT2D eigenvalue weighted by atomic mass is 10.2. The second kappa shape index (κ2) is 8.57. The summed E-state index contributed by atoms with van der Waals surface area (Å²) in [5.74, 6) is -1.71. The summed E-state index contributed by atoms with van der Waals surface area (Å²) in [6.07, 6.45) is -0.400. The second-order valence-electron chi connectivity index (χ2n) is 4.28. The summed E-state index contributed by atoms with van der Waals surface area (Å²) in [6.45, 7) is 1.30. The van der Waals surface area contributed by atoms with Gasteiger partial charge in [0.15, 0.2) is 0 Å². The SMILES string of the molecule is CC[C@H](NC(=O)OCc1ccccc1)C(=O)NCC(=O)O. The highest BCUT2D eigenvalue weighted by atomic mass is 16.5. The molecule has 1 atom stereocenters. The molecule has 0 aromatic heterocycles. The monoisotopic (exact) mass is 294 g/mol. The molecule has 0 radical (unpaired) electrons. The van der Waals surface area contributed by atoms with Crippen molar-refractivity contribution in [1.82, 2.24) is 10.6 Å². The van der Waals surface area contributed by atoms with Gasteiger partial charge in [0.05, 0.1) is 0 Å². The quantitative estimate of drug-likeness (QED) is 0.692. The van der Waals surface area contributed by atoms with E-state index in [1.54, 1.807) is 6.92 Å². The van der Waals surface area contributed by atoms with E-state index in [4.69, 9.17) is 9.84 Å². The lowest BCUT2D eigenvalue weighted by molar-refractivity contribution is -0.138. The molecule has 114 valence electrons. The van der Waals surface area contributed by atoms with E-state index in [9.17, 15) is 14.4 Å². The Morgan fingerprint density at radius 1 is 1.24 bits per heavy atom. The van der Waals surface area contributed by atoms with Gasteiger partial charge in [0.1, 0.15) is 19.2 Å². The molecule has 7 heteroatoms. The maximum atomic E-state index is 11.6. The lowest BCUT2D eigenvalue weighted by Crippen LogP contribution is -2.47. The molecule has 1 aromatic rings. The van der Waals surface area contributed by atoms with Gasteiger partial charge in [-0.2, -0.15) is 0 Å². The predicted octanol–water partition coefficient (Wildman–Crippen LogP) is 0.892. The Morgan fingerprint density at radius 2 is 1.90 bits per heavy atom. The van der Waals surface area contributed by atoms with Gasteiger partial charge in [-0.15, -0.1) is 0 Å². The third-order valence-corrected chi connectivity index (χ3v) is 2.64. The van der Waals surface area contributed by atoms with Crippen LogP contribution >= 0.6 is 0 Å². The summed E-state index contributed by atoms with van der Waals surface area (Å²) in [5, 5.41) is 13.1. The van der Waals surface area contributed by atoms with Crippen molar-refractivity contribution in [3.8, 4) is 0 Å². The summed E-state index contributed by atoms with van der Waals surface area (Å²) in [6, 6.07) is 8.29. The molecule has 0 aliphatic carbocycles. The zero-order valence-corrected chi connectivity index (χ0v) is 11.7. The van der Waals surface area contributed by atoms with Gasteiger partial charge >= 0.3 is 12.1 Å². The van der Waals surface area contributed by atoms with Gasteiger partial charge in [0.2, 0.25) is 5.91 Å². The van der Waals surface area contributed by atoms with Crippen LogP contribution in [0.2, 0.25) is 0 Å². The number of benzene rings is 1. The Morgan fingerprint density at radius 3 is 2.48 bits per heavy atom. The van der Waals surface area contributed by atoms with Crippen LogP contribution in [0.4, 0.5) is 4.79 Å². The molecule has 1 aromatic carbocycles. The lowest BCUT2D eigenvalue weighted by Gasteiger charge is -2.16. The van der Waals surface area contributed by atoms with Crippen LogP contribution in [-0.4, -0.2) is 35.7 Å². The molecule has 0 spiro atoms. The van der Waals surface area contributed by atoms with Crippen LogP contribution in [0.3, 0.4) is 0 Å². The largest absolute Gasteiger partial charge is 0.480 e. The molecule has 0 saturated heterocycles. The average Bonchev–Trinajstić information content (AvgIpc) is 2.49. The molecular formula is C14H18N2O5. The fraction of sp³-hybridized carbons (Fsp3) is 0.357. The molecule has 0 heterocycles. The van der Waals surface area contributed by atoms with Crippen molar-refractivity contribution in [1.29, 1.82) is 0 Å². The Labute approximate surface area is 122 Å². The molecule has 0 fully saturated rings. The van der Waals surface area contributed by atoms with Crippen LogP contribution < -0.4 is 10.6 Å². The van der Waals surface area contributed by atoms with Gasteiger partial charge in [0.25, 0.3) is 0 Å². The van der Waals surface area contributed by atoms with Gasteiger partial charge < -0.3 is 20.5 Å². The zero-order chi connectivity index (χ0) is 15.7. The molecule has 2 amide bonds. The van der Waals surface area contributed by atoms with Crippen molar-refractivity contribution in [2.45, 2.75) is 26.0 Å². The minimum atomic E-state index is -1.15. The summed E-state index contributed by atoms with van der Waals surface area (Å²) in [5.41, 5.74) is 0.830. The molecule has 0 aliphatic heterocycles. The van der Waals surface area contributed by atoms with E-state index in [-0.39, 0.29) is 6.61 Å². The highest BCUT2D eigenvalue weighted by molar-refractivity contribution is 5.87. The van der Waals surface area contributed by atoms with Crippen LogP contribution in [0.1, 0.15) is 18.9 Å². The summed E-state index contributed by atoms with van der Waals surface area (Å²) >= 11 is 0. The standard InChI is InChI=1S/C14H18N2O5/c1-2-11(13(19)15-8-12(17)18)16-14(20)21-9-10-6-4-3-5-7-10/h3-7,11H,2,8-9H2,1H3,(H,15,19)(H,16,20)(H,17,18)/t11-/m0/s1. The first kappa shape index (κ1) is 16.5. The van der Waals surface area contributed by atoms with Gasteiger partial charge in [-0.05, 0) is 12.0 Å². The van der Waals surface area contributed by atoms with E-state index in [0.717, 1.165) is 5.56 Å². The van der Waals surface area contributed by atoms with Crippen molar-refractivity contribution in [2.24, 2.45) is 0 Å². The van der Waals surface area contributed by atoms with Gasteiger partial charge in [-0.25, -0.2) is 4.79 Å². The number of carbonyl (C=O) groups excluding carboxylic acids is 2. The van der Waals surface area contributed by atoms with Crippen molar-refractivity contribution >= 4 is 18.0 Å². The molecule has 0 bridgehead atoms. The average molecular weight is 294 g/mol. The zero-order valence-electron chi connectivity index (χ0n) is 11.7. The van der Waals surface area contributed by atoms with Crippen LogP contribution in [0, 0.1) is 0 Å². The maximum Gasteiger partial charge on any atom is 0.408 e. The Bertz CT molecular complexity index is 489. The topological polar surface area (TPSA) is 105 Å². The van der Waals surface area contributed by atoms with Crippen LogP contribution in [0.5, 0.6) is 0 Å². The van der Waals surface area contributed by atoms with Gasteiger partial charge in [0, 0.05) is 0 Å². The third-order valence-electron chi connectivity index (χ3n) is 2.64. The van der Waals surface area contributed by atoms with E-state index in [1.807, 2.05) is 30.3 Å².